The zero-order chi connectivity index (χ0) is 15.3. The van der Waals surface area contributed by atoms with Gasteiger partial charge in [0.25, 0.3) is 0 Å². The fraction of sp³-hybridized carbons (Fsp3) is 0.562. The molecule has 0 aliphatic carbocycles. The van der Waals surface area contributed by atoms with Crippen LogP contribution in [0.15, 0.2) is 24.3 Å². The predicted octanol–water partition coefficient (Wildman–Crippen LogP) is 2.78. The van der Waals surface area contributed by atoms with Crippen molar-refractivity contribution >= 4 is 6.03 Å². The van der Waals surface area contributed by atoms with Crippen molar-refractivity contribution < 1.29 is 13.9 Å². The number of hydrogen-bond acceptors (Lipinski definition) is 2. The van der Waals surface area contributed by atoms with Crippen LogP contribution in [0.5, 0.6) is 0 Å². The highest BCUT2D eigenvalue weighted by atomic mass is 19.1. The lowest BCUT2D eigenvalue weighted by molar-refractivity contribution is 0.0134. The topological polar surface area (TPSA) is 41.6 Å². The summed E-state index contributed by atoms with van der Waals surface area (Å²) in [6, 6.07) is 6.13. The smallest absolute Gasteiger partial charge is 0.317 e. The average Bonchev–Trinajstić information content (AvgIpc) is 2.45. The fourth-order valence-electron chi connectivity index (χ4n) is 2.63. The number of ether oxygens (including phenoxy) is 1. The standard InChI is InChI=1S/C16H23FN2O2/c1-16(6-8-21-9-7-16)12-19(2)15(20)18-11-13-4-3-5-14(17)10-13/h3-5,10H,6-9,11-12H2,1-2H3,(H,18,20). The molecule has 2 rings (SSSR count). The summed E-state index contributed by atoms with van der Waals surface area (Å²) in [6.45, 7) is 4.74. The van der Waals surface area contributed by atoms with Crippen LogP contribution >= 0.6 is 0 Å². The molecule has 0 saturated carbocycles. The molecule has 0 unspecified atom stereocenters. The van der Waals surface area contributed by atoms with Gasteiger partial charge in [-0.05, 0) is 36.0 Å². The van der Waals surface area contributed by atoms with E-state index in [0.29, 0.717) is 13.1 Å². The van der Waals surface area contributed by atoms with Gasteiger partial charge in [-0.1, -0.05) is 19.1 Å². The summed E-state index contributed by atoms with van der Waals surface area (Å²) in [5.74, 6) is -0.287. The number of carbonyl (C=O) groups excluding carboxylic acids is 1. The highest BCUT2D eigenvalue weighted by Crippen LogP contribution is 2.30. The van der Waals surface area contributed by atoms with Crippen molar-refractivity contribution in [3.63, 3.8) is 0 Å². The number of rotatable bonds is 4. The first kappa shape index (κ1) is 15.8. The molecule has 1 aromatic carbocycles. The minimum absolute atomic E-state index is 0.114. The Balaban J connectivity index is 1.82. The molecule has 1 fully saturated rings. The molecule has 4 nitrogen and oxygen atoms in total. The molecule has 1 aliphatic heterocycles. The van der Waals surface area contributed by atoms with Gasteiger partial charge in [-0.3, -0.25) is 0 Å². The fourth-order valence-corrected chi connectivity index (χ4v) is 2.63. The highest BCUT2D eigenvalue weighted by molar-refractivity contribution is 5.73. The highest BCUT2D eigenvalue weighted by Gasteiger charge is 2.29. The predicted molar refractivity (Wildman–Crippen MR) is 79.4 cm³/mol. The quantitative estimate of drug-likeness (QED) is 0.927. The third kappa shape index (κ3) is 4.70. The van der Waals surface area contributed by atoms with Gasteiger partial charge in [-0.2, -0.15) is 0 Å². The Morgan fingerprint density at radius 1 is 1.43 bits per heavy atom. The van der Waals surface area contributed by atoms with Gasteiger partial charge >= 0.3 is 6.03 Å². The molecule has 0 atom stereocenters. The van der Waals surface area contributed by atoms with Gasteiger partial charge in [0.15, 0.2) is 0 Å². The summed E-state index contributed by atoms with van der Waals surface area (Å²) in [6.07, 6.45) is 1.93. The second-order valence-corrected chi connectivity index (χ2v) is 6.07. The SMILES string of the molecule is CN(CC1(C)CCOCC1)C(=O)NCc1cccc(F)c1. The number of urea groups is 1. The van der Waals surface area contributed by atoms with Crippen LogP contribution in [0.1, 0.15) is 25.3 Å². The van der Waals surface area contributed by atoms with E-state index in [9.17, 15) is 9.18 Å². The Morgan fingerprint density at radius 2 is 2.14 bits per heavy atom. The maximum atomic E-state index is 13.1. The Bertz CT molecular complexity index is 487. The lowest BCUT2D eigenvalue weighted by Crippen LogP contribution is -2.44. The van der Waals surface area contributed by atoms with Crippen LogP contribution in [-0.4, -0.2) is 37.7 Å². The van der Waals surface area contributed by atoms with Crippen molar-refractivity contribution in [1.82, 2.24) is 10.2 Å². The van der Waals surface area contributed by atoms with Gasteiger partial charge in [-0.15, -0.1) is 0 Å². The Morgan fingerprint density at radius 3 is 2.81 bits per heavy atom. The molecule has 5 heteroatoms. The molecular formula is C16H23FN2O2. The third-order valence-electron chi connectivity index (χ3n) is 4.00. The Hall–Kier alpha value is -1.62. The molecule has 1 aromatic rings. The van der Waals surface area contributed by atoms with Crippen molar-refractivity contribution in [1.29, 1.82) is 0 Å². The van der Waals surface area contributed by atoms with Gasteiger partial charge < -0.3 is 15.0 Å². The number of amides is 2. The van der Waals surface area contributed by atoms with E-state index in [2.05, 4.69) is 12.2 Å². The van der Waals surface area contributed by atoms with E-state index in [4.69, 9.17) is 4.74 Å². The zero-order valence-electron chi connectivity index (χ0n) is 12.7. The van der Waals surface area contributed by atoms with E-state index in [1.807, 2.05) is 0 Å². The minimum atomic E-state index is -0.287. The maximum Gasteiger partial charge on any atom is 0.317 e. The first-order chi connectivity index (χ1) is 9.98. The Kier molecular flexibility index (Phi) is 5.17. The van der Waals surface area contributed by atoms with Crippen molar-refractivity contribution in [2.45, 2.75) is 26.3 Å². The van der Waals surface area contributed by atoms with Crippen LogP contribution in [-0.2, 0) is 11.3 Å². The van der Waals surface area contributed by atoms with Crippen LogP contribution < -0.4 is 5.32 Å². The van der Waals surface area contributed by atoms with Crippen LogP contribution in [0.4, 0.5) is 9.18 Å². The molecule has 1 aliphatic rings. The summed E-state index contributed by atoms with van der Waals surface area (Å²) in [4.78, 5) is 13.8. The second kappa shape index (κ2) is 6.89. The van der Waals surface area contributed by atoms with Crippen molar-refractivity contribution in [2.24, 2.45) is 5.41 Å². The number of benzene rings is 1. The monoisotopic (exact) mass is 294 g/mol. The van der Waals surface area contributed by atoms with Gasteiger partial charge in [0.2, 0.25) is 0 Å². The molecule has 21 heavy (non-hydrogen) atoms. The number of carbonyl (C=O) groups is 1. The normalized spacial score (nSPS) is 17.3. The van der Waals surface area contributed by atoms with Gasteiger partial charge in [-0.25, -0.2) is 9.18 Å². The van der Waals surface area contributed by atoms with E-state index in [0.717, 1.165) is 31.6 Å². The number of hydrogen-bond donors (Lipinski definition) is 1. The second-order valence-electron chi connectivity index (χ2n) is 6.07. The van der Waals surface area contributed by atoms with E-state index >= 15 is 0 Å². The summed E-state index contributed by atoms with van der Waals surface area (Å²) in [5.41, 5.74) is 0.873. The number of nitrogens with one attached hydrogen (secondary N) is 1. The molecule has 0 aromatic heterocycles. The summed E-state index contributed by atoms with van der Waals surface area (Å²) >= 11 is 0. The maximum absolute atomic E-state index is 13.1. The molecule has 116 valence electrons. The molecule has 1 N–H and O–H groups in total. The van der Waals surface area contributed by atoms with E-state index < -0.39 is 0 Å². The van der Waals surface area contributed by atoms with Gasteiger partial charge in [0, 0.05) is 33.4 Å². The van der Waals surface area contributed by atoms with Crippen LogP contribution in [0.3, 0.4) is 0 Å². The van der Waals surface area contributed by atoms with E-state index in [1.165, 1.54) is 12.1 Å². The minimum Gasteiger partial charge on any atom is -0.381 e. The average molecular weight is 294 g/mol. The summed E-state index contributed by atoms with van der Waals surface area (Å²) in [5, 5.41) is 2.82. The summed E-state index contributed by atoms with van der Waals surface area (Å²) in [7, 11) is 1.79. The van der Waals surface area contributed by atoms with Crippen molar-refractivity contribution in [2.75, 3.05) is 26.8 Å². The van der Waals surface area contributed by atoms with Crippen LogP contribution in [0.25, 0.3) is 0 Å². The van der Waals surface area contributed by atoms with E-state index in [1.54, 1.807) is 24.1 Å². The van der Waals surface area contributed by atoms with Gasteiger partial charge in [0.1, 0.15) is 5.82 Å². The molecule has 1 saturated heterocycles. The molecule has 2 amide bonds. The molecule has 1 heterocycles. The lowest BCUT2D eigenvalue weighted by Gasteiger charge is -2.36. The van der Waals surface area contributed by atoms with Crippen LogP contribution in [0, 0.1) is 11.2 Å². The van der Waals surface area contributed by atoms with Crippen molar-refractivity contribution in [3.8, 4) is 0 Å². The zero-order valence-corrected chi connectivity index (χ0v) is 12.7. The first-order valence-corrected chi connectivity index (χ1v) is 7.30. The van der Waals surface area contributed by atoms with Gasteiger partial charge in [0.05, 0.1) is 0 Å². The molecule has 0 radical (unpaired) electrons. The number of nitrogens with zero attached hydrogens (tertiary/aromatic N) is 1. The largest absolute Gasteiger partial charge is 0.381 e. The molecule has 0 bridgehead atoms. The Labute approximate surface area is 125 Å². The molecule has 0 spiro atoms. The lowest BCUT2D eigenvalue weighted by atomic mass is 9.82. The van der Waals surface area contributed by atoms with E-state index in [-0.39, 0.29) is 17.3 Å². The third-order valence-corrected chi connectivity index (χ3v) is 4.00. The first-order valence-electron chi connectivity index (χ1n) is 7.30. The van der Waals surface area contributed by atoms with Crippen LogP contribution in [0.2, 0.25) is 0 Å². The number of halogens is 1. The van der Waals surface area contributed by atoms with Crippen molar-refractivity contribution in [3.05, 3.63) is 35.6 Å². The summed E-state index contributed by atoms with van der Waals surface area (Å²) < 4.78 is 18.4. The molecular weight excluding hydrogens is 271 g/mol.